The average molecular weight is 423 g/mol. The molecule has 0 amide bonds. The van der Waals surface area contributed by atoms with E-state index in [1.54, 1.807) is 7.11 Å². The van der Waals surface area contributed by atoms with E-state index in [1.165, 1.54) is 11.9 Å². The minimum Gasteiger partial charge on any atom is -0.497 e. The standard InChI is InChI=1S/C24H21N7O/c1-32-21-10-7-19(8-11-21)28-23-25-16-26-24(30-23)29-20-9-12-22-18(13-20)14-27-31(22)15-17-5-3-2-4-6-17/h2-14,16H,15H2,1H3,(H2,25,26,28,29,30). The molecule has 0 fully saturated rings. The third kappa shape index (κ3) is 4.34. The van der Waals surface area contributed by atoms with E-state index in [1.807, 2.05) is 71.5 Å². The van der Waals surface area contributed by atoms with E-state index in [0.717, 1.165) is 34.6 Å². The first kappa shape index (κ1) is 19.5. The summed E-state index contributed by atoms with van der Waals surface area (Å²) in [4.78, 5) is 12.9. The molecule has 0 aliphatic rings. The van der Waals surface area contributed by atoms with Crippen molar-refractivity contribution in [2.45, 2.75) is 6.54 Å². The van der Waals surface area contributed by atoms with E-state index >= 15 is 0 Å². The number of fused-ring (bicyclic) bond motifs is 1. The van der Waals surface area contributed by atoms with Crippen LogP contribution in [-0.4, -0.2) is 31.8 Å². The quantitative estimate of drug-likeness (QED) is 0.390. The molecule has 0 atom stereocenters. The molecule has 0 aliphatic heterocycles. The van der Waals surface area contributed by atoms with Gasteiger partial charge in [-0.25, -0.2) is 9.97 Å². The lowest BCUT2D eigenvalue weighted by atomic mass is 10.2. The summed E-state index contributed by atoms with van der Waals surface area (Å²) in [6.07, 6.45) is 3.34. The maximum atomic E-state index is 5.18. The van der Waals surface area contributed by atoms with Gasteiger partial charge in [0.05, 0.1) is 25.4 Å². The normalized spacial score (nSPS) is 10.8. The molecular formula is C24H21N7O. The molecule has 8 nitrogen and oxygen atoms in total. The molecule has 2 aromatic heterocycles. The summed E-state index contributed by atoms with van der Waals surface area (Å²) in [7, 11) is 1.64. The Balaban J connectivity index is 1.31. The average Bonchev–Trinajstić information content (AvgIpc) is 3.22. The van der Waals surface area contributed by atoms with Crippen LogP contribution in [0.3, 0.4) is 0 Å². The van der Waals surface area contributed by atoms with Crippen molar-refractivity contribution in [1.82, 2.24) is 24.7 Å². The second-order valence-corrected chi connectivity index (χ2v) is 7.17. The minimum absolute atomic E-state index is 0.449. The second-order valence-electron chi connectivity index (χ2n) is 7.17. The molecule has 0 spiro atoms. The Labute approximate surface area is 184 Å². The van der Waals surface area contributed by atoms with E-state index < -0.39 is 0 Å². The Morgan fingerprint density at radius 2 is 1.56 bits per heavy atom. The third-order valence-corrected chi connectivity index (χ3v) is 4.99. The lowest BCUT2D eigenvalue weighted by Crippen LogP contribution is -2.03. The van der Waals surface area contributed by atoms with Gasteiger partial charge in [0.15, 0.2) is 0 Å². The van der Waals surface area contributed by atoms with Gasteiger partial charge in [0, 0.05) is 16.8 Å². The fourth-order valence-corrected chi connectivity index (χ4v) is 3.40. The van der Waals surface area contributed by atoms with E-state index in [2.05, 4.69) is 42.8 Å². The first-order valence-corrected chi connectivity index (χ1v) is 10.1. The molecule has 0 saturated carbocycles. The molecular weight excluding hydrogens is 402 g/mol. The summed E-state index contributed by atoms with van der Waals surface area (Å²) in [5.74, 6) is 1.69. The number of anilines is 4. The monoisotopic (exact) mass is 423 g/mol. The van der Waals surface area contributed by atoms with Gasteiger partial charge < -0.3 is 15.4 Å². The van der Waals surface area contributed by atoms with Gasteiger partial charge in [-0.1, -0.05) is 30.3 Å². The highest BCUT2D eigenvalue weighted by Crippen LogP contribution is 2.23. The van der Waals surface area contributed by atoms with Crippen LogP contribution in [0.1, 0.15) is 5.56 Å². The van der Waals surface area contributed by atoms with E-state index in [9.17, 15) is 0 Å². The second kappa shape index (κ2) is 8.73. The summed E-state index contributed by atoms with van der Waals surface area (Å²) >= 11 is 0. The zero-order chi connectivity index (χ0) is 21.8. The van der Waals surface area contributed by atoms with Crippen molar-refractivity contribution in [2.75, 3.05) is 17.7 Å². The first-order chi connectivity index (χ1) is 15.8. The van der Waals surface area contributed by atoms with E-state index in [0.29, 0.717) is 11.9 Å². The lowest BCUT2D eigenvalue weighted by Gasteiger charge is -2.09. The molecule has 3 aromatic carbocycles. The van der Waals surface area contributed by atoms with E-state index in [-0.39, 0.29) is 0 Å². The highest BCUT2D eigenvalue weighted by atomic mass is 16.5. The van der Waals surface area contributed by atoms with Gasteiger partial charge in [-0.3, -0.25) is 4.68 Å². The molecule has 5 rings (SSSR count). The lowest BCUT2D eigenvalue weighted by molar-refractivity contribution is 0.415. The molecule has 0 bridgehead atoms. The molecule has 0 saturated heterocycles. The number of aromatic nitrogens is 5. The summed E-state index contributed by atoms with van der Waals surface area (Å²) in [5.41, 5.74) is 4.01. The Bertz CT molecular complexity index is 1330. The summed E-state index contributed by atoms with van der Waals surface area (Å²) in [5, 5.41) is 12.0. The van der Waals surface area contributed by atoms with Gasteiger partial charge in [0.1, 0.15) is 12.1 Å². The molecule has 2 heterocycles. The van der Waals surface area contributed by atoms with Gasteiger partial charge in [0.2, 0.25) is 11.9 Å². The highest BCUT2D eigenvalue weighted by Gasteiger charge is 2.07. The summed E-state index contributed by atoms with van der Waals surface area (Å²) in [6.45, 7) is 0.727. The predicted octanol–water partition coefficient (Wildman–Crippen LogP) is 4.77. The van der Waals surface area contributed by atoms with Gasteiger partial charge in [-0.15, -0.1) is 0 Å². The van der Waals surface area contributed by atoms with Crippen LogP contribution in [0.5, 0.6) is 5.75 Å². The number of rotatable bonds is 7. The van der Waals surface area contributed by atoms with Crippen molar-refractivity contribution >= 4 is 34.2 Å². The Morgan fingerprint density at radius 1 is 0.844 bits per heavy atom. The fourth-order valence-electron chi connectivity index (χ4n) is 3.40. The number of benzene rings is 3. The van der Waals surface area contributed by atoms with Crippen LogP contribution in [0.25, 0.3) is 10.9 Å². The summed E-state index contributed by atoms with van der Waals surface area (Å²) < 4.78 is 7.18. The van der Waals surface area contributed by atoms with Crippen molar-refractivity contribution in [3.8, 4) is 5.75 Å². The third-order valence-electron chi connectivity index (χ3n) is 4.99. The van der Waals surface area contributed by atoms with Crippen LogP contribution in [0, 0.1) is 0 Å². The molecule has 2 N–H and O–H groups in total. The number of nitrogens with zero attached hydrogens (tertiary/aromatic N) is 5. The molecule has 0 unspecified atom stereocenters. The Morgan fingerprint density at radius 3 is 2.31 bits per heavy atom. The van der Waals surface area contributed by atoms with Crippen molar-refractivity contribution in [1.29, 1.82) is 0 Å². The Kier molecular flexibility index (Phi) is 5.32. The maximum absolute atomic E-state index is 5.18. The van der Waals surface area contributed by atoms with Crippen molar-refractivity contribution in [3.05, 3.63) is 90.9 Å². The van der Waals surface area contributed by atoms with Crippen molar-refractivity contribution in [2.24, 2.45) is 0 Å². The van der Waals surface area contributed by atoms with Gasteiger partial charge in [0.25, 0.3) is 0 Å². The van der Waals surface area contributed by atoms with Crippen LogP contribution in [0.4, 0.5) is 23.3 Å². The van der Waals surface area contributed by atoms with Gasteiger partial charge >= 0.3 is 0 Å². The highest BCUT2D eigenvalue weighted by molar-refractivity contribution is 5.83. The number of methoxy groups -OCH3 is 1. The van der Waals surface area contributed by atoms with E-state index in [4.69, 9.17) is 4.74 Å². The fraction of sp³-hybridized carbons (Fsp3) is 0.0833. The van der Waals surface area contributed by atoms with Gasteiger partial charge in [-0.2, -0.15) is 10.1 Å². The van der Waals surface area contributed by atoms with Crippen LogP contribution in [0.15, 0.2) is 85.3 Å². The molecule has 158 valence electrons. The van der Waals surface area contributed by atoms with Crippen LogP contribution >= 0.6 is 0 Å². The van der Waals surface area contributed by atoms with Crippen LogP contribution < -0.4 is 15.4 Å². The number of hydrogen-bond acceptors (Lipinski definition) is 7. The van der Waals surface area contributed by atoms with Gasteiger partial charge in [-0.05, 0) is 48.0 Å². The number of hydrogen-bond donors (Lipinski definition) is 2. The molecule has 0 aliphatic carbocycles. The predicted molar refractivity (Wildman–Crippen MR) is 125 cm³/mol. The zero-order valence-corrected chi connectivity index (χ0v) is 17.4. The zero-order valence-electron chi connectivity index (χ0n) is 17.4. The summed E-state index contributed by atoms with van der Waals surface area (Å²) in [6, 6.07) is 23.9. The van der Waals surface area contributed by atoms with Crippen molar-refractivity contribution in [3.63, 3.8) is 0 Å². The molecule has 32 heavy (non-hydrogen) atoms. The molecule has 0 radical (unpaired) electrons. The number of nitrogens with one attached hydrogen (secondary N) is 2. The first-order valence-electron chi connectivity index (χ1n) is 10.1. The SMILES string of the molecule is COc1ccc(Nc2ncnc(Nc3ccc4c(cnn4Cc4ccccc4)c3)n2)cc1. The molecule has 5 aromatic rings. The topological polar surface area (TPSA) is 89.8 Å². The van der Waals surface area contributed by atoms with Crippen molar-refractivity contribution < 1.29 is 4.74 Å². The Hall–Kier alpha value is -4.46. The number of ether oxygens (including phenoxy) is 1. The van der Waals surface area contributed by atoms with Crippen LogP contribution in [-0.2, 0) is 6.54 Å². The smallest absolute Gasteiger partial charge is 0.232 e. The maximum Gasteiger partial charge on any atom is 0.232 e. The van der Waals surface area contributed by atoms with Crippen LogP contribution in [0.2, 0.25) is 0 Å². The molecule has 8 heteroatoms. The minimum atomic E-state index is 0.449. The largest absolute Gasteiger partial charge is 0.497 e.